The summed E-state index contributed by atoms with van der Waals surface area (Å²) in [5.74, 6) is 0.827. The van der Waals surface area contributed by atoms with Crippen LogP contribution in [0.4, 0.5) is 0 Å². The number of fused-ring (bicyclic) bond motifs is 1. The predicted octanol–water partition coefficient (Wildman–Crippen LogP) is 3.70. The predicted molar refractivity (Wildman–Crippen MR) is 85.2 cm³/mol. The van der Waals surface area contributed by atoms with Crippen molar-refractivity contribution in [2.45, 2.75) is 19.1 Å². The minimum absolute atomic E-state index is 0.112. The van der Waals surface area contributed by atoms with E-state index in [9.17, 15) is 0 Å². The van der Waals surface area contributed by atoms with E-state index in [1.165, 1.54) is 5.39 Å². The highest BCUT2D eigenvalue weighted by atomic mass is 16.5. The van der Waals surface area contributed by atoms with Crippen molar-refractivity contribution in [2.24, 2.45) is 5.73 Å². The summed E-state index contributed by atoms with van der Waals surface area (Å²) in [5.41, 5.74) is 7.12. The second-order valence-corrected chi connectivity index (χ2v) is 5.19. The van der Waals surface area contributed by atoms with Crippen molar-refractivity contribution in [1.82, 2.24) is 4.98 Å². The van der Waals surface area contributed by atoms with Crippen LogP contribution in [0.2, 0.25) is 0 Å². The average molecular weight is 278 g/mol. The summed E-state index contributed by atoms with van der Waals surface area (Å²) in [6.07, 6.45) is 3.33. The van der Waals surface area contributed by atoms with Crippen molar-refractivity contribution in [3.05, 3.63) is 72.6 Å². The Hall–Kier alpha value is -2.39. The number of ether oxygens (including phenoxy) is 1. The van der Waals surface area contributed by atoms with E-state index in [-0.39, 0.29) is 12.1 Å². The van der Waals surface area contributed by atoms with Gasteiger partial charge in [-0.1, -0.05) is 30.3 Å². The summed E-state index contributed by atoms with van der Waals surface area (Å²) >= 11 is 0. The molecule has 21 heavy (non-hydrogen) atoms. The van der Waals surface area contributed by atoms with Crippen molar-refractivity contribution in [2.75, 3.05) is 0 Å². The van der Waals surface area contributed by atoms with Gasteiger partial charge in [0.15, 0.2) is 0 Å². The van der Waals surface area contributed by atoms with Gasteiger partial charge in [-0.3, -0.25) is 4.98 Å². The molecule has 0 saturated heterocycles. The number of nitrogens with zero attached hydrogens (tertiary/aromatic N) is 1. The lowest BCUT2D eigenvalue weighted by molar-refractivity contribution is 0.180. The minimum atomic E-state index is -0.186. The normalized spacial score (nSPS) is 13.8. The van der Waals surface area contributed by atoms with Crippen molar-refractivity contribution >= 4 is 10.8 Å². The number of hydrogen-bond acceptors (Lipinski definition) is 3. The second-order valence-electron chi connectivity index (χ2n) is 5.19. The molecule has 1 aromatic heterocycles. The van der Waals surface area contributed by atoms with Gasteiger partial charge in [0.25, 0.3) is 0 Å². The third-order valence-corrected chi connectivity index (χ3v) is 3.50. The van der Waals surface area contributed by atoms with Crippen LogP contribution >= 0.6 is 0 Å². The summed E-state index contributed by atoms with van der Waals surface area (Å²) in [7, 11) is 0. The molecule has 0 radical (unpaired) electrons. The molecule has 0 aliphatic carbocycles. The average Bonchev–Trinajstić information content (AvgIpc) is 2.53. The summed E-state index contributed by atoms with van der Waals surface area (Å²) in [6.45, 7) is 1.95. The molecule has 0 aliphatic rings. The highest BCUT2D eigenvalue weighted by molar-refractivity contribution is 5.83. The SMILES string of the molecule is CC(N)C(Oc1ccc2ccccc2c1)c1ccncc1. The van der Waals surface area contributed by atoms with Crippen molar-refractivity contribution in [3.8, 4) is 5.75 Å². The molecule has 3 heteroatoms. The zero-order valence-corrected chi connectivity index (χ0v) is 11.9. The number of rotatable bonds is 4. The van der Waals surface area contributed by atoms with Crippen molar-refractivity contribution in [1.29, 1.82) is 0 Å². The standard InChI is InChI=1S/C18H18N2O/c1-13(19)18(15-8-10-20-11-9-15)21-17-7-6-14-4-2-3-5-16(14)12-17/h2-13,18H,19H2,1H3. The van der Waals surface area contributed by atoms with Gasteiger partial charge < -0.3 is 10.5 Å². The third-order valence-electron chi connectivity index (χ3n) is 3.50. The zero-order chi connectivity index (χ0) is 14.7. The Morgan fingerprint density at radius 1 is 0.952 bits per heavy atom. The summed E-state index contributed by atoms with van der Waals surface area (Å²) in [6, 6.07) is 18.1. The number of aromatic nitrogens is 1. The highest BCUT2D eigenvalue weighted by Crippen LogP contribution is 2.27. The van der Waals surface area contributed by atoms with Crippen LogP contribution in [0, 0.1) is 0 Å². The second kappa shape index (κ2) is 5.94. The largest absolute Gasteiger partial charge is 0.484 e. The molecule has 2 aromatic carbocycles. The first-order valence-corrected chi connectivity index (χ1v) is 7.05. The smallest absolute Gasteiger partial charge is 0.139 e. The summed E-state index contributed by atoms with van der Waals surface area (Å²) < 4.78 is 6.12. The van der Waals surface area contributed by atoms with Gasteiger partial charge in [-0.2, -0.15) is 0 Å². The fourth-order valence-corrected chi connectivity index (χ4v) is 2.42. The van der Waals surface area contributed by atoms with Crippen molar-refractivity contribution in [3.63, 3.8) is 0 Å². The van der Waals surface area contributed by atoms with Crippen LogP contribution in [0.15, 0.2) is 67.0 Å². The van der Waals surface area contributed by atoms with Gasteiger partial charge in [0.05, 0.1) is 0 Å². The van der Waals surface area contributed by atoms with Crippen LogP contribution in [0.5, 0.6) is 5.75 Å². The molecule has 0 fully saturated rings. The number of pyridine rings is 1. The molecular weight excluding hydrogens is 260 g/mol. The first kappa shape index (κ1) is 13.6. The monoisotopic (exact) mass is 278 g/mol. The molecule has 0 spiro atoms. The van der Waals surface area contributed by atoms with Crippen LogP contribution < -0.4 is 10.5 Å². The molecule has 0 aliphatic heterocycles. The van der Waals surface area contributed by atoms with Gasteiger partial charge in [-0.25, -0.2) is 0 Å². The van der Waals surface area contributed by atoms with Gasteiger partial charge in [-0.15, -0.1) is 0 Å². The van der Waals surface area contributed by atoms with E-state index < -0.39 is 0 Å². The fourth-order valence-electron chi connectivity index (χ4n) is 2.42. The molecule has 2 N–H and O–H groups in total. The van der Waals surface area contributed by atoms with Crippen LogP contribution in [0.3, 0.4) is 0 Å². The molecular formula is C18H18N2O. The molecule has 0 amide bonds. The number of benzene rings is 2. The van der Waals surface area contributed by atoms with E-state index in [0.717, 1.165) is 16.7 Å². The van der Waals surface area contributed by atoms with Gasteiger partial charge in [0, 0.05) is 18.4 Å². The highest BCUT2D eigenvalue weighted by Gasteiger charge is 2.18. The third kappa shape index (κ3) is 3.03. The number of nitrogens with two attached hydrogens (primary N) is 1. The lowest BCUT2D eigenvalue weighted by Crippen LogP contribution is -2.29. The Morgan fingerprint density at radius 3 is 2.38 bits per heavy atom. The topological polar surface area (TPSA) is 48.1 Å². The maximum Gasteiger partial charge on any atom is 0.139 e. The molecule has 106 valence electrons. The Labute approximate surface area is 124 Å². The van der Waals surface area contributed by atoms with Gasteiger partial charge in [0.1, 0.15) is 11.9 Å². The minimum Gasteiger partial charge on any atom is -0.484 e. The van der Waals surface area contributed by atoms with E-state index in [0.29, 0.717) is 0 Å². The van der Waals surface area contributed by atoms with Crippen LogP contribution in [0.25, 0.3) is 10.8 Å². The fraction of sp³-hybridized carbons (Fsp3) is 0.167. The Bertz CT molecular complexity index is 725. The molecule has 0 saturated carbocycles. The van der Waals surface area contributed by atoms with E-state index in [1.807, 2.05) is 43.3 Å². The van der Waals surface area contributed by atoms with Crippen LogP contribution in [0.1, 0.15) is 18.6 Å². The summed E-state index contributed by atoms with van der Waals surface area (Å²) in [5, 5.41) is 2.36. The Morgan fingerprint density at radius 2 is 1.67 bits per heavy atom. The maximum absolute atomic E-state index is 6.12. The van der Waals surface area contributed by atoms with E-state index in [1.54, 1.807) is 12.4 Å². The zero-order valence-electron chi connectivity index (χ0n) is 11.9. The van der Waals surface area contributed by atoms with Crippen molar-refractivity contribution < 1.29 is 4.74 Å². The molecule has 0 bridgehead atoms. The van der Waals surface area contributed by atoms with Gasteiger partial charge >= 0.3 is 0 Å². The molecule has 2 atom stereocenters. The van der Waals surface area contributed by atoms with Crippen LogP contribution in [-0.4, -0.2) is 11.0 Å². The van der Waals surface area contributed by atoms with Crippen LogP contribution in [-0.2, 0) is 0 Å². The van der Waals surface area contributed by atoms with E-state index >= 15 is 0 Å². The van der Waals surface area contributed by atoms with Gasteiger partial charge in [0.2, 0.25) is 0 Å². The maximum atomic E-state index is 6.12. The van der Waals surface area contributed by atoms with Gasteiger partial charge in [-0.05, 0) is 47.5 Å². The molecule has 3 aromatic rings. The number of hydrogen-bond donors (Lipinski definition) is 1. The Balaban J connectivity index is 1.91. The lowest BCUT2D eigenvalue weighted by atomic mass is 10.1. The lowest BCUT2D eigenvalue weighted by Gasteiger charge is -2.23. The van der Waals surface area contributed by atoms with E-state index in [4.69, 9.17) is 10.5 Å². The quantitative estimate of drug-likeness (QED) is 0.791. The summed E-state index contributed by atoms with van der Waals surface area (Å²) in [4.78, 5) is 4.04. The molecule has 1 heterocycles. The Kier molecular flexibility index (Phi) is 3.84. The molecule has 3 rings (SSSR count). The first-order valence-electron chi connectivity index (χ1n) is 7.05. The molecule has 3 nitrogen and oxygen atoms in total. The molecule has 2 unspecified atom stereocenters. The first-order chi connectivity index (χ1) is 10.2. The van der Waals surface area contributed by atoms with E-state index in [2.05, 4.69) is 23.2 Å².